The molecule has 2 N–H and O–H groups in total. The molecule has 0 saturated carbocycles. The minimum Gasteiger partial charge on any atom is -0.418 e. The van der Waals surface area contributed by atoms with Crippen LogP contribution in [0.25, 0.3) is 0 Å². The van der Waals surface area contributed by atoms with Gasteiger partial charge in [0.25, 0.3) is 11.5 Å². The highest BCUT2D eigenvalue weighted by Gasteiger charge is 2.35. The number of carbonyl (C=O) groups is 3. The Morgan fingerprint density at radius 1 is 1.00 bits per heavy atom. The van der Waals surface area contributed by atoms with Crippen LogP contribution in [-0.4, -0.2) is 37.5 Å². The van der Waals surface area contributed by atoms with Crippen LogP contribution in [0.15, 0.2) is 33.5 Å². The number of amides is 2. The SMILES string of the molecule is Cc1ccc(CNC(=O)c2nc(C(C)(C)NC(=O)c3nnc(C)o3)n(C)c(=O)c2OC(=O)C(C)(C)C)cc1. The second-order valence-electron chi connectivity index (χ2n) is 10.5. The third-order valence-electron chi connectivity index (χ3n) is 5.55. The van der Waals surface area contributed by atoms with Crippen LogP contribution >= 0.6 is 0 Å². The topological polar surface area (TPSA) is 158 Å². The number of aromatic nitrogens is 4. The fourth-order valence-electron chi connectivity index (χ4n) is 3.39. The Morgan fingerprint density at radius 2 is 1.63 bits per heavy atom. The normalized spacial score (nSPS) is 11.7. The quantitative estimate of drug-likeness (QED) is 0.442. The lowest BCUT2D eigenvalue weighted by Gasteiger charge is -2.28. The summed E-state index contributed by atoms with van der Waals surface area (Å²) in [5.41, 5.74) is -1.51. The highest BCUT2D eigenvalue weighted by atomic mass is 16.5. The summed E-state index contributed by atoms with van der Waals surface area (Å²) in [4.78, 5) is 56.5. The van der Waals surface area contributed by atoms with E-state index >= 15 is 0 Å². The summed E-state index contributed by atoms with van der Waals surface area (Å²) >= 11 is 0. The van der Waals surface area contributed by atoms with Crippen LogP contribution in [0.2, 0.25) is 0 Å². The standard InChI is InChI=1S/C26H32N6O6/c1-14-9-11-16(12-10-14)13-27-19(33)17-18(38-24(36)25(3,4)5)22(35)32(8)23(28-17)26(6,7)29-20(34)21-31-30-15(2)37-21/h9-12H,13H2,1-8H3,(H,27,33)(H,29,34). The molecule has 2 heterocycles. The Labute approximate surface area is 219 Å². The van der Waals surface area contributed by atoms with Crippen molar-refractivity contribution in [1.29, 1.82) is 0 Å². The van der Waals surface area contributed by atoms with Gasteiger partial charge in [0.15, 0.2) is 5.69 Å². The van der Waals surface area contributed by atoms with Gasteiger partial charge in [-0.25, -0.2) is 4.98 Å². The molecule has 0 spiro atoms. The number of rotatable bonds is 7. The van der Waals surface area contributed by atoms with E-state index in [1.54, 1.807) is 41.5 Å². The first-order valence-electron chi connectivity index (χ1n) is 11.9. The maximum absolute atomic E-state index is 13.4. The Kier molecular flexibility index (Phi) is 7.84. The van der Waals surface area contributed by atoms with Crippen molar-refractivity contribution in [3.63, 3.8) is 0 Å². The van der Waals surface area contributed by atoms with Crippen molar-refractivity contribution in [2.24, 2.45) is 12.5 Å². The van der Waals surface area contributed by atoms with Gasteiger partial charge in [-0.1, -0.05) is 29.8 Å². The molecular weight excluding hydrogens is 492 g/mol. The first-order valence-corrected chi connectivity index (χ1v) is 11.9. The Bertz CT molecular complexity index is 1430. The lowest BCUT2D eigenvalue weighted by atomic mass is 9.97. The molecule has 0 radical (unpaired) electrons. The van der Waals surface area contributed by atoms with Crippen molar-refractivity contribution in [2.45, 2.75) is 60.5 Å². The lowest BCUT2D eigenvalue weighted by Crippen LogP contribution is -2.46. The average molecular weight is 525 g/mol. The molecule has 0 aliphatic heterocycles. The third-order valence-corrected chi connectivity index (χ3v) is 5.55. The van der Waals surface area contributed by atoms with E-state index < -0.39 is 40.0 Å². The number of hydrogen-bond donors (Lipinski definition) is 2. The molecule has 3 rings (SSSR count). The molecule has 0 bridgehead atoms. The zero-order valence-corrected chi connectivity index (χ0v) is 22.8. The first-order chi connectivity index (χ1) is 17.6. The fourth-order valence-corrected chi connectivity index (χ4v) is 3.39. The van der Waals surface area contributed by atoms with Gasteiger partial charge >= 0.3 is 17.8 Å². The minimum atomic E-state index is -1.29. The van der Waals surface area contributed by atoms with Crippen molar-refractivity contribution in [1.82, 2.24) is 30.4 Å². The van der Waals surface area contributed by atoms with Crippen LogP contribution in [0.5, 0.6) is 5.75 Å². The predicted octanol–water partition coefficient (Wildman–Crippen LogP) is 2.33. The third kappa shape index (κ3) is 6.31. The molecule has 0 fully saturated rings. The summed E-state index contributed by atoms with van der Waals surface area (Å²) in [7, 11) is 1.40. The summed E-state index contributed by atoms with van der Waals surface area (Å²) in [6.45, 7) is 11.7. The zero-order valence-electron chi connectivity index (χ0n) is 22.8. The molecule has 3 aromatic rings. The fraction of sp³-hybridized carbons (Fsp3) is 0.423. The van der Waals surface area contributed by atoms with Gasteiger partial charge in [0.1, 0.15) is 5.82 Å². The molecule has 38 heavy (non-hydrogen) atoms. The van der Waals surface area contributed by atoms with E-state index in [1.165, 1.54) is 7.05 Å². The van der Waals surface area contributed by atoms with Gasteiger partial charge in [-0.15, -0.1) is 10.2 Å². The monoisotopic (exact) mass is 524 g/mol. The highest BCUT2D eigenvalue weighted by molar-refractivity contribution is 5.96. The lowest BCUT2D eigenvalue weighted by molar-refractivity contribution is -0.143. The van der Waals surface area contributed by atoms with Gasteiger partial charge in [0, 0.05) is 20.5 Å². The maximum Gasteiger partial charge on any atom is 0.316 e. The Hall–Kier alpha value is -4.35. The van der Waals surface area contributed by atoms with Crippen molar-refractivity contribution >= 4 is 17.8 Å². The van der Waals surface area contributed by atoms with Gasteiger partial charge in [0.05, 0.1) is 11.0 Å². The molecule has 0 aliphatic rings. The van der Waals surface area contributed by atoms with Gasteiger partial charge in [-0.05, 0) is 47.1 Å². The minimum absolute atomic E-state index is 0.0307. The first kappa shape index (κ1) is 28.2. The van der Waals surface area contributed by atoms with Gasteiger partial charge < -0.3 is 19.8 Å². The average Bonchev–Trinajstić information content (AvgIpc) is 3.27. The molecule has 2 amide bonds. The number of esters is 1. The number of hydrogen-bond acceptors (Lipinski definition) is 9. The van der Waals surface area contributed by atoms with Crippen LogP contribution in [0.1, 0.15) is 78.6 Å². The second-order valence-corrected chi connectivity index (χ2v) is 10.5. The number of nitrogens with zero attached hydrogens (tertiary/aromatic N) is 4. The zero-order chi connectivity index (χ0) is 28.4. The molecular formula is C26H32N6O6. The van der Waals surface area contributed by atoms with Gasteiger partial charge in [0.2, 0.25) is 11.6 Å². The highest BCUT2D eigenvalue weighted by Crippen LogP contribution is 2.23. The largest absolute Gasteiger partial charge is 0.418 e. The molecule has 0 saturated heterocycles. The summed E-state index contributed by atoms with van der Waals surface area (Å²) < 4.78 is 11.7. The molecule has 2 aromatic heterocycles. The number of ether oxygens (including phenoxy) is 1. The second kappa shape index (κ2) is 10.6. The van der Waals surface area contributed by atoms with Crippen LogP contribution in [0, 0.1) is 19.3 Å². The molecule has 0 atom stereocenters. The van der Waals surface area contributed by atoms with E-state index in [0.717, 1.165) is 15.7 Å². The number of carbonyl (C=O) groups excluding carboxylic acids is 3. The van der Waals surface area contributed by atoms with Crippen molar-refractivity contribution < 1.29 is 23.5 Å². The predicted molar refractivity (Wildman–Crippen MR) is 136 cm³/mol. The Balaban J connectivity index is 2.03. The maximum atomic E-state index is 13.4. The summed E-state index contributed by atoms with van der Waals surface area (Å²) in [5.74, 6) is -2.68. The van der Waals surface area contributed by atoms with Crippen LogP contribution in [0.3, 0.4) is 0 Å². The molecule has 12 nitrogen and oxygen atoms in total. The van der Waals surface area contributed by atoms with Crippen LogP contribution in [0.4, 0.5) is 0 Å². The van der Waals surface area contributed by atoms with E-state index in [1.807, 2.05) is 31.2 Å². The van der Waals surface area contributed by atoms with Crippen molar-refractivity contribution in [3.05, 3.63) is 69.0 Å². The summed E-state index contributed by atoms with van der Waals surface area (Å²) in [6, 6.07) is 7.53. The van der Waals surface area contributed by atoms with Crippen LogP contribution < -0.4 is 20.9 Å². The van der Waals surface area contributed by atoms with Crippen LogP contribution in [-0.2, 0) is 23.9 Å². The number of nitrogens with one attached hydrogen (secondary N) is 2. The van der Waals surface area contributed by atoms with Gasteiger partial charge in [-0.3, -0.25) is 23.7 Å². The van der Waals surface area contributed by atoms with E-state index in [-0.39, 0.29) is 29.8 Å². The van der Waals surface area contributed by atoms with E-state index in [4.69, 9.17) is 9.15 Å². The smallest absolute Gasteiger partial charge is 0.316 e. The van der Waals surface area contributed by atoms with E-state index in [0.29, 0.717) is 0 Å². The van der Waals surface area contributed by atoms with Crippen molar-refractivity contribution in [3.8, 4) is 5.75 Å². The van der Waals surface area contributed by atoms with E-state index in [2.05, 4.69) is 25.8 Å². The molecule has 12 heteroatoms. The van der Waals surface area contributed by atoms with Crippen molar-refractivity contribution in [2.75, 3.05) is 0 Å². The van der Waals surface area contributed by atoms with E-state index in [9.17, 15) is 19.2 Å². The number of aryl methyl sites for hydroxylation is 2. The molecule has 1 aromatic carbocycles. The summed E-state index contributed by atoms with van der Waals surface area (Å²) in [6.07, 6.45) is 0. The molecule has 0 unspecified atom stereocenters. The Morgan fingerprint density at radius 3 is 2.18 bits per heavy atom. The van der Waals surface area contributed by atoms with Gasteiger partial charge in [-0.2, -0.15) is 0 Å². The summed E-state index contributed by atoms with van der Waals surface area (Å²) in [5, 5.41) is 12.7. The molecule has 0 aliphatic carbocycles. The molecule has 202 valence electrons. The number of benzene rings is 1.